The van der Waals surface area contributed by atoms with Crippen LogP contribution in [0.5, 0.6) is 0 Å². The third kappa shape index (κ3) is 3.30. The maximum absolute atomic E-state index is 13.8. The molecule has 19 heavy (non-hydrogen) atoms. The minimum Gasteiger partial charge on any atom is -0.337 e. The van der Waals surface area contributed by atoms with E-state index in [2.05, 4.69) is 20.8 Å². The number of hydrogen-bond donors (Lipinski definition) is 0. The second-order valence-electron chi connectivity index (χ2n) is 4.69. The molecule has 1 saturated heterocycles. The van der Waals surface area contributed by atoms with E-state index in [1.165, 1.54) is 4.90 Å². The molecule has 0 aromatic heterocycles. The molecule has 0 aliphatic carbocycles. The summed E-state index contributed by atoms with van der Waals surface area (Å²) in [7, 11) is 1.97. The Hall–Kier alpha value is -1.01. The summed E-state index contributed by atoms with van der Waals surface area (Å²) in [6.07, 6.45) is 0.808. The average Bonchev–Trinajstić information content (AvgIpc) is 2.52. The second kappa shape index (κ2) is 5.96. The van der Waals surface area contributed by atoms with Gasteiger partial charge in [-0.15, -0.1) is 0 Å². The number of nitrogens with zero attached hydrogens (tertiary/aromatic N) is 2. The van der Waals surface area contributed by atoms with E-state index < -0.39 is 23.1 Å². The lowest BCUT2D eigenvalue weighted by molar-refractivity contribution is 0.0753. The Bertz CT molecular complexity index is 473. The molecule has 1 fully saturated rings. The molecule has 6 heteroatoms. The smallest absolute Gasteiger partial charge is 0.259 e. The van der Waals surface area contributed by atoms with Gasteiger partial charge in [-0.2, -0.15) is 0 Å². The van der Waals surface area contributed by atoms with E-state index in [-0.39, 0.29) is 4.47 Å². The lowest BCUT2D eigenvalue weighted by atomic mass is 10.1. The number of amides is 1. The molecular formula is C13H15BrF2N2O. The molecular weight excluding hydrogens is 318 g/mol. The van der Waals surface area contributed by atoms with E-state index in [0.29, 0.717) is 19.6 Å². The van der Waals surface area contributed by atoms with Gasteiger partial charge in [0.15, 0.2) is 0 Å². The van der Waals surface area contributed by atoms with E-state index >= 15 is 0 Å². The van der Waals surface area contributed by atoms with Crippen LogP contribution in [0.25, 0.3) is 0 Å². The zero-order valence-electron chi connectivity index (χ0n) is 10.6. The minimum absolute atomic E-state index is 0.287. The maximum Gasteiger partial charge on any atom is 0.259 e. The van der Waals surface area contributed by atoms with Crippen molar-refractivity contribution in [2.75, 3.05) is 33.2 Å². The highest BCUT2D eigenvalue weighted by atomic mass is 79.9. The van der Waals surface area contributed by atoms with E-state index in [1.54, 1.807) is 0 Å². The zero-order valence-corrected chi connectivity index (χ0v) is 12.2. The van der Waals surface area contributed by atoms with Gasteiger partial charge in [-0.25, -0.2) is 8.78 Å². The van der Waals surface area contributed by atoms with Crippen molar-refractivity contribution < 1.29 is 13.6 Å². The number of carbonyl (C=O) groups is 1. The van der Waals surface area contributed by atoms with Crippen molar-refractivity contribution in [1.29, 1.82) is 0 Å². The molecule has 0 N–H and O–H groups in total. The Kier molecular flexibility index (Phi) is 4.52. The van der Waals surface area contributed by atoms with Crippen LogP contribution in [0.3, 0.4) is 0 Å². The predicted octanol–water partition coefficient (Wildman–Crippen LogP) is 2.51. The number of benzene rings is 1. The van der Waals surface area contributed by atoms with Gasteiger partial charge in [-0.05, 0) is 32.1 Å². The predicted molar refractivity (Wildman–Crippen MR) is 72.1 cm³/mol. The monoisotopic (exact) mass is 332 g/mol. The molecule has 1 aliphatic heterocycles. The van der Waals surface area contributed by atoms with Crippen LogP contribution in [0.2, 0.25) is 0 Å². The Morgan fingerprint density at radius 1 is 1.16 bits per heavy atom. The summed E-state index contributed by atoms with van der Waals surface area (Å²) in [6.45, 7) is 2.61. The van der Waals surface area contributed by atoms with Gasteiger partial charge < -0.3 is 9.80 Å². The number of halogens is 3. The van der Waals surface area contributed by atoms with Crippen LogP contribution >= 0.6 is 15.9 Å². The molecule has 1 aliphatic rings. The molecule has 0 unspecified atom stereocenters. The van der Waals surface area contributed by atoms with Gasteiger partial charge >= 0.3 is 0 Å². The first-order chi connectivity index (χ1) is 8.99. The molecule has 1 amide bonds. The first-order valence-corrected chi connectivity index (χ1v) is 6.90. The van der Waals surface area contributed by atoms with Gasteiger partial charge in [-0.1, -0.05) is 15.9 Å². The van der Waals surface area contributed by atoms with Gasteiger partial charge in [0.2, 0.25) is 0 Å². The molecule has 0 bridgehead atoms. The van der Waals surface area contributed by atoms with Crippen molar-refractivity contribution in [2.24, 2.45) is 0 Å². The molecule has 0 radical (unpaired) electrons. The summed E-state index contributed by atoms with van der Waals surface area (Å²) in [5, 5.41) is 0. The van der Waals surface area contributed by atoms with Crippen LogP contribution in [0, 0.1) is 11.6 Å². The number of carbonyl (C=O) groups excluding carboxylic acids is 1. The fourth-order valence-corrected chi connectivity index (χ4v) is 2.56. The van der Waals surface area contributed by atoms with Crippen LogP contribution < -0.4 is 0 Å². The van der Waals surface area contributed by atoms with Crippen LogP contribution in [0.4, 0.5) is 8.78 Å². The van der Waals surface area contributed by atoms with Crippen molar-refractivity contribution >= 4 is 21.8 Å². The molecule has 3 nitrogen and oxygen atoms in total. The quantitative estimate of drug-likeness (QED) is 0.788. The average molecular weight is 333 g/mol. The van der Waals surface area contributed by atoms with E-state index in [9.17, 15) is 13.6 Å². The SMILES string of the molecule is CN1CCCN(C(=O)c2c(F)cc(Br)cc2F)CC1. The van der Waals surface area contributed by atoms with Crippen molar-refractivity contribution in [3.05, 3.63) is 33.8 Å². The van der Waals surface area contributed by atoms with Crippen molar-refractivity contribution in [1.82, 2.24) is 9.80 Å². The highest BCUT2D eigenvalue weighted by molar-refractivity contribution is 9.10. The van der Waals surface area contributed by atoms with Gasteiger partial charge in [0.05, 0.1) is 0 Å². The minimum atomic E-state index is -0.825. The Morgan fingerprint density at radius 3 is 2.42 bits per heavy atom. The summed E-state index contributed by atoms with van der Waals surface area (Å²) < 4.78 is 27.8. The van der Waals surface area contributed by atoms with Crippen LogP contribution in [-0.2, 0) is 0 Å². The standard InChI is InChI=1S/C13H15BrF2N2O/c1-17-3-2-4-18(6-5-17)13(19)12-10(15)7-9(14)8-11(12)16/h7-8H,2-6H2,1H3. The zero-order chi connectivity index (χ0) is 14.0. The fourth-order valence-electron chi connectivity index (χ4n) is 2.15. The lowest BCUT2D eigenvalue weighted by Gasteiger charge is -2.21. The van der Waals surface area contributed by atoms with Gasteiger partial charge in [0.1, 0.15) is 17.2 Å². The summed E-state index contributed by atoms with van der Waals surface area (Å²) >= 11 is 3.00. The summed E-state index contributed by atoms with van der Waals surface area (Å²) in [5.41, 5.74) is -0.465. The van der Waals surface area contributed by atoms with Crippen LogP contribution in [0.1, 0.15) is 16.8 Å². The molecule has 0 saturated carbocycles. The van der Waals surface area contributed by atoms with Gasteiger partial charge in [0, 0.05) is 24.1 Å². The molecule has 0 spiro atoms. The Labute approximate surface area is 119 Å². The maximum atomic E-state index is 13.8. The number of rotatable bonds is 1. The summed E-state index contributed by atoms with van der Waals surface area (Å²) in [6, 6.07) is 2.22. The molecule has 0 atom stereocenters. The van der Waals surface area contributed by atoms with Crippen LogP contribution in [0.15, 0.2) is 16.6 Å². The highest BCUT2D eigenvalue weighted by Gasteiger charge is 2.25. The van der Waals surface area contributed by atoms with Crippen LogP contribution in [-0.4, -0.2) is 48.9 Å². The van der Waals surface area contributed by atoms with E-state index in [1.807, 2.05) is 7.05 Å². The lowest BCUT2D eigenvalue weighted by Crippen LogP contribution is -2.35. The van der Waals surface area contributed by atoms with Crippen molar-refractivity contribution in [3.63, 3.8) is 0 Å². The largest absolute Gasteiger partial charge is 0.337 e. The third-order valence-corrected chi connectivity index (χ3v) is 3.69. The first-order valence-electron chi connectivity index (χ1n) is 6.11. The van der Waals surface area contributed by atoms with Gasteiger partial charge in [0.25, 0.3) is 5.91 Å². The fraction of sp³-hybridized carbons (Fsp3) is 0.462. The normalized spacial score (nSPS) is 17.4. The molecule has 1 aromatic rings. The van der Waals surface area contributed by atoms with E-state index in [4.69, 9.17) is 0 Å². The number of likely N-dealkylation sites (N-methyl/N-ethyl adjacent to an activating group) is 1. The van der Waals surface area contributed by atoms with Crippen molar-refractivity contribution in [2.45, 2.75) is 6.42 Å². The van der Waals surface area contributed by atoms with Gasteiger partial charge in [-0.3, -0.25) is 4.79 Å². The third-order valence-electron chi connectivity index (χ3n) is 3.23. The Balaban J connectivity index is 2.24. The van der Waals surface area contributed by atoms with E-state index in [0.717, 1.165) is 25.1 Å². The molecule has 1 heterocycles. The van der Waals surface area contributed by atoms with Crippen molar-refractivity contribution in [3.8, 4) is 0 Å². The molecule has 1 aromatic carbocycles. The molecule has 2 rings (SSSR count). The molecule has 104 valence electrons. The summed E-state index contributed by atoms with van der Waals surface area (Å²) in [4.78, 5) is 15.8. The topological polar surface area (TPSA) is 23.6 Å². The number of hydrogen-bond acceptors (Lipinski definition) is 2. The first kappa shape index (κ1) is 14.4. The highest BCUT2D eigenvalue weighted by Crippen LogP contribution is 2.21. The second-order valence-corrected chi connectivity index (χ2v) is 5.61. The Morgan fingerprint density at radius 2 is 1.79 bits per heavy atom. The summed E-state index contributed by atoms with van der Waals surface area (Å²) in [5.74, 6) is -2.22.